The number of likely N-dealkylation sites (N-methyl/N-ethyl adjacent to an activating group) is 1. The van der Waals surface area contributed by atoms with Crippen LogP contribution in [0.2, 0.25) is 5.02 Å². The number of halogens is 1. The van der Waals surface area contributed by atoms with Crippen LogP contribution in [-0.2, 0) is 16.0 Å². The second kappa shape index (κ2) is 9.02. The van der Waals surface area contributed by atoms with Crippen LogP contribution in [0.15, 0.2) is 42.1 Å². The van der Waals surface area contributed by atoms with Gasteiger partial charge in [0, 0.05) is 36.5 Å². The first-order valence-corrected chi connectivity index (χ1v) is 11.1. The first kappa shape index (κ1) is 23.6. The Morgan fingerprint density at radius 2 is 1.85 bits per heavy atom. The molecule has 0 unspecified atom stereocenters. The Morgan fingerprint density at radius 3 is 2.44 bits per heavy atom. The van der Waals surface area contributed by atoms with Gasteiger partial charge in [-0.25, -0.2) is 0 Å². The van der Waals surface area contributed by atoms with Crippen molar-refractivity contribution in [2.75, 3.05) is 26.6 Å². The highest BCUT2D eigenvalue weighted by atomic mass is 35.5. The predicted octanol–water partition coefficient (Wildman–Crippen LogP) is 3.56. The molecule has 1 heterocycles. The molecule has 0 saturated carbocycles. The SMILES string of the molecule is CNC(=O)Cc1ccc(NC2=CC(=O)[C@@]3(Oc4c(Cl)c(OC)cc(OC)c4C3=O)[C@H](C)C2)cc1. The standard InChI is InChI=1S/C25H25ClN2O6/c1-13-9-16(28-15-7-5-14(6-8-15)10-20(30)27-2)11-19(29)25(13)24(31)21-17(32-3)12-18(33-4)22(26)23(21)34-25/h5-8,11-13,28H,9-10H2,1-4H3,(H,27,30)/t13-,25+/m1/s1. The lowest BCUT2D eigenvalue weighted by Crippen LogP contribution is -2.55. The van der Waals surface area contributed by atoms with Gasteiger partial charge in [0.2, 0.25) is 23.1 Å². The zero-order valence-corrected chi connectivity index (χ0v) is 20.0. The van der Waals surface area contributed by atoms with Crippen LogP contribution in [0, 0.1) is 5.92 Å². The highest BCUT2D eigenvalue weighted by Gasteiger charge is 2.60. The number of methoxy groups -OCH3 is 2. The summed E-state index contributed by atoms with van der Waals surface area (Å²) in [5, 5.41) is 5.94. The van der Waals surface area contributed by atoms with Crippen molar-refractivity contribution in [3.05, 3.63) is 58.3 Å². The molecule has 4 rings (SSSR count). The van der Waals surface area contributed by atoms with Crippen molar-refractivity contribution in [3.63, 3.8) is 0 Å². The number of hydrogen-bond donors (Lipinski definition) is 2. The number of carbonyl (C=O) groups is 3. The maximum Gasteiger partial charge on any atom is 0.236 e. The normalized spacial score (nSPS) is 21.0. The summed E-state index contributed by atoms with van der Waals surface area (Å²) in [6.45, 7) is 1.79. The van der Waals surface area contributed by atoms with Gasteiger partial charge >= 0.3 is 0 Å². The third-order valence-corrected chi connectivity index (χ3v) is 6.57. The van der Waals surface area contributed by atoms with Crippen LogP contribution in [0.1, 0.15) is 29.3 Å². The maximum atomic E-state index is 13.5. The summed E-state index contributed by atoms with van der Waals surface area (Å²) < 4.78 is 16.7. The van der Waals surface area contributed by atoms with E-state index in [1.807, 2.05) is 24.3 Å². The summed E-state index contributed by atoms with van der Waals surface area (Å²) in [5.41, 5.74) is 0.720. The Hall–Kier alpha value is -3.52. The van der Waals surface area contributed by atoms with E-state index in [-0.39, 0.29) is 40.2 Å². The molecule has 8 nitrogen and oxygen atoms in total. The third-order valence-electron chi connectivity index (χ3n) is 6.21. The Labute approximate surface area is 202 Å². The molecule has 2 aromatic carbocycles. The Kier molecular flexibility index (Phi) is 6.27. The molecule has 2 atom stereocenters. The van der Waals surface area contributed by atoms with Crippen LogP contribution in [0.25, 0.3) is 0 Å². The lowest BCUT2D eigenvalue weighted by molar-refractivity contribution is -0.129. The van der Waals surface area contributed by atoms with Gasteiger partial charge < -0.3 is 24.8 Å². The van der Waals surface area contributed by atoms with Gasteiger partial charge in [-0.05, 0) is 24.1 Å². The minimum absolute atomic E-state index is 0.0722. The molecule has 178 valence electrons. The molecule has 2 N–H and O–H groups in total. The molecule has 1 amide bonds. The molecule has 0 aromatic heterocycles. The maximum absolute atomic E-state index is 13.5. The quantitative estimate of drug-likeness (QED) is 0.604. The Morgan fingerprint density at radius 1 is 1.18 bits per heavy atom. The van der Waals surface area contributed by atoms with E-state index in [4.69, 9.17) is 25.8 Å². The van der Waals surface area contributed by atoms with Crippen molar-refractivity contribution in [2.45, 2.75) is 25.4 Å². The fraction of sp³-hybridized carbons (Fsp3) is 0.320. The van der Waals surface area contributed by atoms with Crippen molar-refractivity contribution in [1.29, 1.82) is 0 Å². The summed E-state index contributed by atoms with van der Waals surface area (Å²) in [6, 6.07) is 8.87. The fourth-order valence-corrected chi connectivity index (χ4v) is 4.65. The number of fused-ring (bicyclic) bond motifs is 1. The Bertz CT molecular complexity index is 1210. The van der Waals surface area contributed by atoms with Crippen LogP contribution in [-0.4, -0.2) is 44.3 Å². The average molecular weight is 485 g/mol. The smallest absolute Gasteiger partial charge is 0.236 e. The van der Waals surface area contributed by atoms with E-state index < -0.39 is 23.1 Å². The molecule has 34 heavy (non-hydrogen) atoms. The number of allylic oxidation sites excluding steroid dienone is 1. The first-order chi connectivity index (χ1) is 16.2. The van der Waals surface area contributed by atoms with Gasteiger partial charge in [0.05, 0.1) is 20.6 Å². The predicted molar refractivity (Wildman–Crippen MR) is 127 cm³/mol. The summed E-state index contributed by atoms with van der Waals surface area (Å²) in [6.07, 6.45) is 2.08. The second-order valence-electron chi connectivity index (χ2n) is 8.28. The highest BCUT2D eigenvalue weighted by molar-refractivity contribution is 6.36. The average Bonchev–Trinajstić information content (AvgIpc) is 3.14. The topological polar surface area (TPSA) is 103 Å². The van der Waals surface area contributed by atoms with E-state index in [1.54, 1.807) is 14.0 Å². The van der Waals surface area contributed by atoms with E-state index >= 15 is 0 Å². The number of ether oxygens (including phenoxy) is 3. The number of hydrogen-bond acceptors (Lipinski definition) is 7. The summed E-state index contributed by atoms with van der Waals surface area (Å²) >= 11 is 6.41. The minimum atomic E-state index is -1.71. The molecule has 0 radical (unpaired) electrons. The molecular weight excluding hydrogens is 460 g/mol. The second-order valence-corrected chi connectivity index (χ2v) is 8.65. The summed E-state index contributed by atoms with van der Waals surface area (Å²) in [7, 11) is 4.46. The molecule has 0 bridgehead atoms. The van der Waals surface area contributed by atoms with Crippen LogP contribution < -0.4 is 24.8 Å². The van der Waals surface area contributed by atoms with Gasteiger partial charge in [-0.2, -0.15) is 0 Å². The zero-order chi connectivity index (χ0) is 24.6. The van der Waals surface area contributed by atoms with Crippen LogP contribution in [0.3, 0.4) is 0 Å². The van der Waals surface area contributed by atoms with Gasteiger partial charge in [-0.15, -0.1) is 0 Å². The van der Waals surface area contributed by atoms with Gasteiger partial charge in [0.25, 0.3) is 0 Å². The number of Topliss-reactive ketones (excluding diaryl/α,β-unsaturated/α-hetero) is 1. The van der Waals surface area contributed by atoms with E-state index in [0.717, 1.165) is 11.3 Å². The number of amides is 1. The first-order valence-electron chi connectivity index (χ1n) is 10.7. The number of nitrogens with one attached hydrogen (secondary N) is 2. The molecule has 1 aliphatic carbocycles. The number of benzene rings is 2. The van der Waals surface area contributed by atoms with Crippen LogP contribution in [0.5, 0.6) is 17.2 Å². The lowest BCUT2D eigenvalue weighted by atomic mass is 9.74. The van der Waals surface area contributed by atoms with Crippen molar-refractivity contribution in [1.82, 2.24) is 5.32 Å². The van der Waals surface area contributed by atoms with Crippen molar-refractivity contribution < 1.29 is 28.6 Å². The number of rotatable bonds is 6. The molecule has 2 aromatic rings. The van der Waals surface area contributed by atoms with E-state index in [9.17, 15) is 14.4 Å². The molecular formula is C25H25ClN2O6. The number of anilines is 1. The largest absolute Gasteiger partial charge is 0.496 e. The van der Waals surface area contributed by atoms with Crippen molar-refractivity contribution in [3.8, 4) is 17.2 Å². The van der Waals surface area contributed by atoms with Gasteiger partial charge in [0.1, 0.15) is 22.1 Å². The van der Waals surface area contributed by atoms with E-state index in [0.29, 0.717) is 12.1 Å². The van der Waals surface area contributed by atoms with E-state index in [1.165, 1.54) is 26.4 Å². The highest BCUT2D eigenvalue weighted by Crippen LogP contribution is 2.53. The lowest BCUT2D eigenvalue weighted by Gasteiger charge is -2.35. The summed E-state index contributed by atoms with van der Waals surface area (Å²) in [5.74, 6) is -0.875. The van der Waals surface area contributed by atoms with E-state index in [2.05, 4.69) is 10.6 Å². The number of carbonyl (C=O) groups excluding carboxylic acids is 3. The van der Waals surface area contributed by atoms with Crippen molar-refractivity contribution >= 4 is 34.8 Å². The summed E-state index contributed by atoms with van der Waals surface area (Å²) in [4.78, 5) is 38.4. The fourth-order valence-electron chi connectivity index (χ4n) is 4.38. The molecule has 2 aliphatic rings. The van der Waals surface area contributed by atoms with Gasteiger partial charge in [-0.1, -0.05) is 30.7 Å². The van der Waals surface area contributed by atoms with Gasteiger partial charge in [0.15, 0.2) is 5.75 Å². The molecule has 1 aliphatic heterocycles. The van der Waals surface area contributed by atoms with Crippen LogP contribution >= 0.6 is 11.6 Å². The Balaban J connectivity index is 1.60. The molecule has 0 saturated heterocycles. The number of ketones is 2. The molecule has 1 spiro atoms. The molecule has 9 heteroatoms. The monoisotopic (exact) mass is 484 g/mol. The zero-order valence-electron chi connectivity index (χ0n) is 19.3. The molecule has 0 fully saturated rings. The van der Waals surface area contributed by atoms with Gasteiger partial charge in [-0.3, -0.25) is 14.4 Å². The van der Waals surface area contributed by atoms with Crippen LogP contribution in [0.4, 0.5) is 5.69 Å². The minimum Gasteiger partial charge on any atom is -0.496 e. The van der Waals surface area contributed by atoms with Crippen molar-refractivity contribution in [2.24, 2.45) is 5.92 Å². The third kappa shape index (κ3) is 3.77.